The maximum atomic E-state index is 11.7. The van der Waals surface area contributed by atoms with Crippen LogP contribution in [-0.4, -0.2) is 47.8 Å². The highest BCUT2D eigenvalue weighted by Gasteiger charge is 2.36. The maximum Gasteiger partial charge on any atom is 0.410 e. The van der Waals surface area contributed by atoms with Gasteiger partial charge in [-0.1, -0.05) is 0 Å². The van der Waals surface area contributed by atoms with Gasteiger partial charge in [0, 0.05) is 31.2 Å². The van der Waals surface area contributed by atoms with Crippen molar-refractivity contribution >= 4 is 6.09 Å². The van der Waals surface area contributed by atoms with Crippen molar-refractivity contribution in [1.82, 2.24) is 10.2 Å². The van der Waals surface area contributed by atoms with Crippen molar-refractivity contribution in [1.29, 1.82) is 0 Å². The second-order valence-corrected chi connectivity index (χ2v) is 6.18. The smallest absolute Gasteiger partial charge is 0.410 e. The first-order valence-electron chi connectivity index (χ1n) is 6.33. The zero-order chi connectivity index (χ0) is 12.6. The molecule has 0 atom stereocenters. The monoisotopic (exact) mass is 241 g/mol. The Morgan fingerprint density at radius 3 is 2.35 bits per heavy atom. The summed E-state index contributed by atoms with van der Waals surface area (Å²) in [5.74, 6) is 0. The highest BCUT2D eigenvalue weighted by Crippen LogP contribution is 2.21. The van der Waals surface area contributed by atoms with Crippen molar-refractivity contribution in [2.24, 2.45) is 5.73 Å². The molecule has 1 heterocycles. The lowest BCUT2D eigenvalue weighted by Gasteiger charge is -2.44. The minimum Gasteiger partial charge on any atom is -0.444 e. The van der Waals surface area contributed by atoms with Crippen LogP contribution in [0.2, 0.25) is 0 Å². The first-order chi connectivity index (χ1) is 7.83. The van der Waals surface area contributed by atoms with Crippen LogP contribution in [0.5, 0.6) is 0 Å². The summed E-state index contributed by atoms with van der Waals surface area (Å²) in [4.78, 5) is 13.4. The van der Waals surface area contributed by atoms with E-state index in [1.54, 1.807) is 4.90 Å². The zero-order valence-corrected chi connectivity index (χ0v) is 10.9. The van der Waals surface area contributed by atoms with E-state index in [2.05, 4.69) is 5.32 Å². The van der Waals surface area contributed by atoms with Crippen LogP contribution >= 0.6 is 0 Å². The number of nitrogens with one attached hydrogen (secondary N) is 1. The number of carbonyl (C=O) groups excluding carboxylic acids is 1. The fraction of sp³-hybridized carbons (Fsp3) is 0.917. The summed E-state index contributed by atoms with van der Waals surface area (Å²) < 4.78 is 5.29. The largest absolute Gasteiger partial charge is 0.444 e. The van der Waals surface area contributed by atoms with Crippen LogP contribution in [-0.2, 0) is 4.74 Å². The van der Waals surface area contributed by atoms with Crippen molar-refractivity contribution in [3.8, 4) is 0 Å². The second-order valence-electron chi connectivity index (χ2n) is 6.18. The van der Waals surface area contributed by atoms with E-state index in [4.69, 9.17) is 10.5 Å². The molecule has 17 heavy (non-hydrogen) atoms. The fourth-order valence-electron chi connectivity index (χ4n) is 2.19. The molecule has 1 saturated carbocycles. The lowest BCUT2D eigenvalue weighted by atomic mass is 9.86. The molecule has 2 fully saturated rings. The summed E-state index contributed by atoms with van der Waals surface area (Å²) in [7, 11) is 0. The van der Waals surface area contributed by atoms with Crippen molar-refractivity contribution in [2.75, 3.05) is 13.1 Å². The van der Waals surface area contributed by atoms with E-state index in [1.165, 1.54) is 0 Å². The normalized spacial score (nSPS) is 29.5. The molecule has 2 aliphatic rings. The Balaban J connectivity index is 1.63. The number of ether oxygens (including phenoxy) is 1. The first kappa shape index (κ1) is 12.6. The quantitative estimate of drug-likeness (QED) is 0.746. The number of likely N-dealkylation sites (tertiary alicyclic amines) is 1. The second kappa shape index (κ2) is 4.46. The Bertz CT molecular complexity index is 289. The van der Waals surface area contributed by atoms with Crippen LogP contribution in [0.4, 0.5) is 4.79 Å². The number of rotatable bonds is 2. The van der Waals surface area contributed by atoms with Crippen molar-refractivity contribution in [3.63, 3.8) is 0 Å². The molecule has 0 aromatic carbocycles. The summed E-state index contributed by atoms with van der Waals surface area (Å²) in [6.07, 6.45) is 1.91. The Morgan fingerprint density at radius 1 is 1.29 bits per heavy atom. The van der Waals surface area contributed by atoms with Crippen molar-refractivity contribution in [3.05, 3.63) is 0 Å². The molecule has 0 spiro atoms. The summed E-state index contributed by atoms with van der Waals surface area (Å²) in [6, 6.07) is 1.34. The average Bonchev–Trinajstić information content (AvgIpc) is 2.02. The SMILES string of the molecule is CC(C)(C)OC(=O)N1CC(NC2CC(N)C2)C1. The van der Waals surface area contributed by atoms with Gasteiger partial charge >= 0.3 is 6.09 Å². The molecule has 1 amide bonds. The van der Waals surface area contributed by atoms with Gasteiger partial charge in [-0.15, -0.1) is 0 Å². The van der Waals surface area contributed by atoms with Gasteiger partial charge in [-0.25, -0.2) is 4.79 Å². The molecule has 0 unspecified atom stereocenters. The molecular formula is C12H23N3O2. The third-order valence-corrected chi connectivity index (χ3v) is 3.18. The van der Waals surface area contributed by atoms with Gasteiger partial charge in [-0.3, -0.25) is 0 Å². The molecule has 2 rings (SSSR count). The van der Waals surface area contributed by atoms with Crippen LogP contribution < -0.4 is 11.1 Å². The van der Waals surface area contributed by atoms with Crippen LogP contribution in [0.15, 0.2) is 0 Å². The number of nitrogens with zero attached hydrogens (tertiary/aromatic N) is 1. The van der Waals surface area contributed by atoms with Gasteiger partial charge in [0.25, 0.3) is 0 Å². The van der Waals surface area contributed by atoms with Gasteiger partial charge in [-0.2, -0.15) is 0 Å². The molecule has 1 aliphatic carbocycles. The van der Waals surface area contributed by atoms with Gasteiger partial charge in [-0.05, 0) is 33.6 Å². The Labute approximate surface area is 103 Å². The molecule has 0 bridgehead atoms. The lowest BCUT2D eigenvalue weighted by Crippen LogP contribution is -2.64. The average molecular weight is 241 g/mol. The van der Waals surface area contributed by atoms with Crippen LogP contribution in [0, 0.1) is 0 Å². The summed E-state index contributed by atoms with van der Waals surface area (Å²) in [6.45, 7) is 7.16. The van der Waals surface area contributed by atoms with E-state index in [1.807, 2.05) is 20.8 Å². The number of amides is 1. The maximum absolute atomic E-state index is 11.7. The fourth-order valence-corrected chi connectivity index (χ4v) is 2.19. The molecule has 3 N–H and O–H groups in total. The Kier molecular flexibility index (Phi) is 3.32. The van der Waals surface area contributed by atoms with Gasteiger partial charge in [0.05, 0.1) is 0 Å². The molecule has 0 aromatic heterocycles. The Morgan fingerprint density at radius 2 is 1.88 bits per heavy atom. The summed E-state index contributed by atoms with van der Waals surface area (Å²) >= 11 is 0. The lowest BCUT2D eigenvalue weighted by molar-refractivity contribution is 0.00264. The Hall–Kier alpha value is -0.810. The highest BCUT2D eigenvalue weighted by molar-refractivity contribution is 5.69. The topological polar surface area (TPSA) is 67.6 Å². The molecule has 5 nitrogen and oxygen atoms in total. The van der Waals surface area contributed by atoms with Gasteiger partial charge < -0.3 is 20.7 Å². The molecule has 98 valence electrons. The van der Waals surface area contributed by atoms with E-state index in [0.29, 0.717) is 18.1 Å². The van der Waals surface area contributed by atoms with E-state index in [9.17, 15) is 4.79 Å². The van der Waals surface area contributed by atoms with Gasteiger partial charge in [0.1, 0.15) is 5.60 Å². The van der Waals surface area contributed by atoms with E-state index < -0.39 is 5.60 Å². The standard InChI is InChI=1S/C12H23N3O2/c1-12(2,3)17-11(16)15-6-10(7-15)14-9-4-8(13)5-9/h8-10,14H,4-7,13H2,1-3H3. The minimum atomic E-state index is -0.406. The molecule has 0 aromatic rings. The summed E-state index contributed by atoms with van der Waals surface area (Å²) in [5, 5.41) is 3.50. The van der Waals surface area contributed by atoms with Gasteiger partial charge in [0.15, 0.2) is 0 Å². The van der Waals surface area contributed by atoms with E-state index in [0.717, 1.165) is 25.9 Å². The number of nitrogens with two attached hydrogens (primary N) is 1. The molecular weight excluding hydrogens is 218 g/mol. The third kappa shape index (κ3) is 3.33. The number of hydrogen-bond donors (Lipinski definition) is 2. The van der Waals surface area contributed by atoms with Crippen LogP contribution in [0.3, 0.4) is 0 Å². The van der Waals surface area contributed by atoms with E-state index >= 15 is 0 Å². The summed E-state index contributed by atoms with van der Waals surface area (Å²) in [5.41, 5.74) is 5.32. The third-order valence-electron chi connectivity index (χ3n) is 3.18. The van der Waals surface area contributed by atoms with E-state index in [-0.39, 0.29) is 6.09 Å². The first-order valence-corrected chi connectivity index (χ1v) is 6.33. The van der Waals surface area contributed by atoms with Gasteiger partial charge in [0.2, 0.25) is 0 Å². The van der Waals surface area contributed by atoms with Crippen LogP contribution in [0.1, 0.15) is 33.6 Å². The number of hydrogen-bond acceptors (Lipinski definition) is 4. The van der Waals surface area contributed by atoms with Crippen molar-refractivity contribution < 1.29 is 9.53 Å². The molecule has 1 aliphatic heterocycles. The zero-order valence-electron chi connectivity index (χ0n) is 10.9. The van der Waals surface area contributed by atoms with Crippen LogP contribution in [0.25, 0.3) is 0 Å². The van der Waals surface area contributed by atoms with Crippen molar-refractivity contribution in [2.45, 2.75) is 57.3 Å². The predicted octanol–water partition coefficient (Wildman–Crippen LogP) is 0.685. The minimum absolute atomic E-state index is 0.208. The molecule has 0 radical (unpaired) electrons. The molecule has 1 saturated heterocycles. The predicted molar refractivity (Wildman–Crippen MR) is 65.7 cm³/mol. The molecule has 5 heteroatoms. The number of carbonyl (C=O) groups is 1. The highest BCUT2D eigenvalue weighted by atomic mass is 16.6.